The largest absolute Gasteiger partial charge is 0.493 e. The fraction of sp³-hybridized carbons (Fsp3) is 0.500. The molecule has 146 valence electrons. The lowest BCUT2D eigenvalue weighted by Crippen LogP contribution is -2.21. The van der Waals surface area contributed by atoms with Crippen LogP contribution in [0.3, 0.4) is 0 Å². The van der Waals surface area contributed by atoms with Gasteiger partial charge in [0.1, 0.15) is 5.75 Å². The Morgan fingerprint density at radius 3 is 2.67 bits per heavy atom. The summed E-state index contributed by atoms with van der Waals surface area (Å²) in [5.74, 6) is 1.96. The van der Waals surface area contributed by atoms with Crippen molar-refractivity contribution in [2.75, 3.05) is 19.8 Å². The normalized spacial score (nSPS) is 17.4. The standard InChI is InChI=1S/C24H33NO2/c1-18-5-11-24(12-6-18)27-17-19-7-8-21-15-22(10-9-20(21)14-19)23(16-25)4-2-3-13-26/h5-6,9-12,15,19,23,26H,2-4,7-8,13-14,16-17,25H2,1H3/t19-,23+/m1/s1. The van der Waals surface area contributed by atoms with Crippen LogP contribution >= 0.6 is 0 Å². The predicted molar refractivity (Wildman–Crippen MR) is 111 cm³/mol. The van der Waals surface area contributed by atoms with Gasteiger partial charge in [0.2, 0.25) is 0 Å². The number of unbranched alkanes of at least 4 members (excludes halogenated alkanes) is 1. The Hall–Kier alpha value is -1.84. The van der Waals surface area contributed by atoms with E-state index in [-0.39, 0.29) is 6.61 Å². The minimum absolute atomic E-state index is 0.271. The van der Waals surface area contributed by atoms with Crippen LogP contribution in [0.25, 0.3) is 0 Å². The molecule has 0 heterocycles. The summed E-state index contributed by atoms with van der Waals surface area (Å²) in [6.45, 7) is 3.83. The molecule has 0 spiro atoms. The monoisotopic (exact) mass is 367 g/mol. The molecule has 0 fully saturated rings. The third-order valence-electron chi connectivity index (χ3n) is 5.78. The van der Waals surface area contributed by atoms with Gasteiger partial charge in [0.05, 0.1) is 6.61 Å². The van der Waals surface area contributed by atoms with Crippen molar-refractivity contribution in [1.29, 1.82) is 0 Å². The van der Waals surface area contributed by atoms with Crippen molar-refractivity contribution in [1.82, 2.24) is 0 Å². The molecule has 1 aliphatic carbocycles. The summed E-state index contributed by atoms with van der Waals surface area (Å²) >= 11 is 0. The first-order chi connectivity index (χ1) is 13.2. The molecule has 3 heteroatoms. The van der Waals surface area contributed by atoms with E-state index in [0.717, 1.165) is 44.5 Å². The maximum Gasteiger partial charge on any atom is 0.119 e. The molecule has 3 N–H and O–H groups in total. The van der Waals surface area contributed by atoms with E-state index >= 15 is 0 Å². The molecular formula is C24H33NO2. The lowest BCUT2D eigenvalue weighted by molar-refractivity contribution is 0.234. The first-order valence-electron chi connectivity index (χ1n) is 10.3. The van der Waals surface area contributed by atoms with Gasteiger partial charge in [0, 0.05) is 6.61 Å². The first kappa shape index (κ1) is 19.9. The maximum atomic E-state index is 8.99. The molecule has 0 bridgehead atoms. The van der Waals surface area contributed by atoms with Crippen LogP contribution < -0.4 is 10.5 Å². The van der Waals surface area contributed by atoms with E-state index in [0.29, 0.717) is 18.4 Å². The van der Waals surface area contributed by atoms with Crippen molar-refractivity contribution >= 4 is 0 Å². The molecule has 0 aliphatic heterocycles. The lowest BCUT2D eigenvalue weighted by atomic mass is 9.81. The van der Waals surface area contributed by atoms with Gasteiger partial charge in [-0.05, 0) is 86.2 Å². The van der Waals surface area contributed by atoms with Gasteiger partial charge in [-0.25, -0.2) is 0 Å². The lowest BCUT2D eigenvalue weighted by Gasteiger charge is -2.26. The van der Waals surface area contributed by atoms with E-state index in [2.05, 4.69) is 49.4 Å². The number of aliphatic hydroxyl groups is 1. The highest BCUT2D eigenvalue weighted by molar-refractivity contribution is 5.36. The smallest absolute Gasteiger partial charge is 0.119 e. The Bertz CT molecular complexity index is 711. The summed E-state index contributed by atoms with van der Waals surface area (Å²) in [5.41, 5.74) is 11.6. The molecule has 3 rings (SSSR count). The topological polar surface area (TPSA) is 55.5 Å². The van der Waals surface area contributed by atoms with Crippen molar-refractivity contribution in [3.63, 3.8) is 0 Å². The van der Waals surface area contributed by atoms with Gasteiger partial charge in [-0.3, -0.25) is 0 Å². The molecule has 0 unspecified atom stereocenters. The van der Waals surface area contributed by atoms with Crippen molar-refractivity contribution in [3.8, 4) is 5.75 Å². The summed E-state index contributed by atoms with van der Waals surface area (Å²) in [6, 6.07) is 15.3. The van der Waals surface area contributed by atoms with E-state index in [4.69, 9.17) is 15.6 Å². The summed E-state index contributed by atoms with van der Waals surface area (Å²) in [7, 11) is 0. The number of aryl methyl sites for hydroxylation is 2. The van der Waals surface area contributed by atoms with Gasteiger partial charge < -0.3 is 15.6 Å². The first-order valence-corrected chi connectivity index (χ1v) is 10.3. The van der Waals surface area contributed by atoms with Crippen LogP contribution in [-0.4, -0.2) is 24.9 Å². The molecule has 0 aromatic heterocycles. The van der Waals surface area contributed by atoms with Crippen LogP contribution in [0.1, 0.15) is 53.9 Å². The van der Waals surface area contributed by atoms with Gasteiger partial charge in [0.25, 0.3) is 0 Å². The van der Waals surface area contributed by atoms with E-state index in [1.54, 1.807) is 0 Å². The van der Waals surface area contributed by atoms with Gasteiger partial charge in [-0.15, -0.1) is 0 Å². The average Bonchev–Trinajstić information content (AvgIpc) is 2.70. The second kappa shape index (κ2) is 9.91. The maximum absolute atomic E-state index is 8.99. The van der Waals surface area contributed by atoms with Crippen LogP contribution in [0.15, 0.2) is 42.5 Å². The molecule has 0 saturated heterocycles. The third-order valence-corrected chi connectivity index (χ3v) is 5.78. The molecule has 27 heavy (non-hydrogen) atoms. The number of hydrogen-bond donors (Lipinski definition) is 2. The van der Waals surface area contributed by atoms with Gasteiger partial charge in [-0.1, -0.05) is 42.3 Å². The Morgan fingerprint density at radius 1 is 1.11 bits per heavy atom. The molecule has 3 nitrogen and oxygen atoms in total. The van der Waals surface area contributed by atoms with Crippen molar-refractivity contribution in [3.05, 3.63) is 64.7 Å². The molecule has 0 radical (unpaired) electrons. The van der Waals surface area contributed by atoms with E-state index in [1.807, 2.05) is 0 Å². The zero-order valence-corrected chi connectivity index (χ0v) is 16.5. The highest BCUT2D eigenvalue weighted by atomic mass is 16.5. The highest BCUT2D eigenvalue weighted by Crippen LogP contribution is 2.30. The summed E-state index contributed by atoms with van der Waals surface area (Å²) in [4.78, 5) is 0. The number of benzene rings is 2. The SMILES string of the molecule is Cc1ccc(OC[C@@H]2CCc3cc([C@H](CN)CCCCO)ccc3C2)cc1. The number of nitrogens with two attached hydrogens (primary N) is 1. The summed E-state index contributed by atoms with van der Waals surface area (Å²) in [5, 5.41) is 8.99. The van der Waals surface area contributed by atoms with E-state index in [1.165, 1.54) is 28.7 Å². The van der Waals surface area contributed by atoms with Gasteiger partial charge >= 0.3 is 0 Å². The second-order valence-corrected chi connectivity index (χ2v) is 7.91. The molecule has 2 aromatic carbocycles. The molecule has 0 saturated carbocycles. The van der Waals surface area contributed by atoms with Crippen molar-refractivity contribution in [2.45, 2.75) is 51.4 Å². The molecule has 0 amide bonds. The highest BCUT2D eigenvalue weighted by Gasteiger charge is 2.21. The van der Waals surface area contributed by atoms with E-state index in [9.17, 15) is 0 Å². The zero-order valence-electron chi connectivity index (χ0n) is 16.5. The Labute approximate surface area is 163 Å². The summed E-state index contributed by atoms with van der Waals surface area (Å²) < 4.78 is 6.01. The second-order valence-electron chi connectivity index (χ2n) is 7.91. The minimum atomic E-state index is 0.271. The number of fused-ring (bicyclic) bond motifs is 1. The van der Waals surface area contributed by atoms with Crippen LogP contribution in [0.2, 0.25) is 0 Å². The van der Waals surface area contributed by atoms with Crippen LogP contribution in [-0.2, 0) is 12.8 Å². The number of ether oxygens (including phenoxy) is 1. The van der Waals surface area contributed by atoms with Crippen molar-refractivity contribution in [2.24, 2.45) is 11.7 Å². The number of aliphatic hydroxyl groups excluding tert-OH is 1. The molecule has 2 aromatic rings. The molecule has 2 atom stereocenters. The number of rotatable bonds is 9. The molecule has 1 aliphatic rings. The third kappa shape index (κ3) is 5.57. The van der Waals surface area contributed by atoms with E-state index < -0.39 is 0 Å². The van der Waals surface area contributed by atoms with Crippen LogP contribution in [0.5, 0.6) is 5.75 Å². The van der Waals surface area contributed by atoms with Crippen LogP contribution in [0.4, 0.5) is 0 Å². The van der Waals surface area contributed by atoms with Crippen LogP contribution in [0, 0.1) is 12.8 Å². The fourth-order valence-electron chi connectivity index (χ4n) is 4.02. The Morgan fingerprint density at radius 2 is 1.93 bits per heavy atom. The Kier molecular flexibility index (Phi) is 7.31. The minimum Gasteiger partial charge on any atom is -0.493 e. The molecular weight excluding hydrogens is 334 g/mol. The quantitative estimate of drug-likeness (QED) is 0.647. The zero-order chi connectivity index (χ0) is 19.1. The van der Waals surface area contributed by atoms with Gasteiger partial charge in [-0.2, -0.15) is 0 Å². The Balaban J connectivity index is 1.57. The number of hydrogen-bond acceptors (Lipinski definition) is 3. The fourth-order valence-corrected chi connectivity index (χ4v) is 4.02. The van der Waals surface area contributed by atoms with Gasteiger partial charge in [0.15, 0.2) is 0 Å². The summed E-state index contributed by atoms with van der Waals surface area (Å²) in [6.07, 6.45) is 6.36. The predicted octanol–water partition coefficient (Wildman–Crippen LogP) is 4.38. The van der Waals surface area contributed by atoms with Crippen molar-refractivity contribution < 1.29 is 9.84 Å². The average molecular weight is 368 g/mol.